The van der Waals surface area contributed by atoms with Gasteiger partial charge in [-0.05, 0) is 55.2 Å². The molecular weight excluding hydrogens is 433 g/mol. The van der Waals surface area contributed by atoms with Crippen molar-refractivity contribution in [3.63, 3.8) is 0 Å². The molecule has 1 aliphatic carbocycles. The molecule has 2 unspecified atom stereocenters. The van der Waals surface area contributed by atoms with Crippen molar-refractivity contribution in [1.29, 1.82) is 0 Å². The molecule has 1 aromatic heterocycles. The Morgan fingerprint density at radius 2 is 2.03 bits per heavy atom. The van der Waals surface area contributed by atoms with Gasteiger partial charge in [0.1, 0.15) is 11.0 Å². The molecule has 4 rings (SSSR count). The summed E-state index contributed by atoms with van der Waals surface area (Å²) >= 11 is 5.84. The molecule has 10 heteroatoms. The van der Waals surface area contributed by atoms with Gasteiger partial charge in [0.2, 0.25) is 10.0 Å². The van der Waals surface area contributed by atoms with Crippen molar-refractivity contribution in [3.8, 4) is 0 Å². The molecule has 0 radical (unpaired) electrons. The molecule has 162 valence electrons. The number of ether oxygens (including phenoxy) is 1. The third-order valence-corrected chi connectivity index (χ3v) is 7.74. The summed E-state index contributed by atoms with van der Waals surface area (Å²) in [5, 5.41) is 13.5. The number of aromatic nitrogens is 1. The van der Waals surface area contributed by atoms with Crippen molar-refractivity contribution in [2.24, 2.45) is 5.41 Å². The molecule has 2 aromatic rings. The number of nitrogens with one attached hydrogen (secondary N) is 2. The van der Waals surface area contributed by atoms with E-state index < -0.39 is 33.4 Å². The average Bonchev–Trinajstić information content (AvgIpc) is 2.73. The smallest absolute Gasteiger partial charge is 0.240 e. The molecule has 2 aliphatic rings. The second kappa shape index (κ2) is 8.39. The summed E-state index contributed by atoms with van der Waals surface area (Å²) in [6, 6.07) is 6.77. The number of hydrogen-bond donors (Lipinski definition) is 3. The van der Waals surface area contributed by atoms with Crippen LogP contribution in [0, 0.1) is 11.2 Å². The Morgan fingerprint density at radius 3 is 2.70 bits per heavy atom. The molecule has 0 bridgehead atoms. The lowest BCUT2D eigenvalue weighted by Crippen LogP contribution is -2.65. The number of aliphatic hydroxyl groups is 1. The number of aliphatic hydroxyl groups excluding tert-OH is 1. The first-order valence-corrected chi connectivity index (χ1v) is 11.6. The van der Waals surface area contributed by atoms with E-state index in [1.54, 1.807) is 18.3 Å². The molecule has 2 heterocycles. The second-order valence-electron chi connectivity index (χ2n) is 7.75. The van der Waals surface area contributed by atoms with E-state index >= 15 is 0 Å². The Labute approximate surface area is 179 Å². The van der Waals surface area contributed by atoms with Crippen molar-refractivity contribution < 1.29 is 22.7 Å². The third kappa shape index (κ3) is 4.17. The van der Waals surface area contributed by atoms with Crippen LogP contribution in [0.4, 0.5) is 10.1 Å². The first-order valence-electron chi connectivity index (χ1n) is 9.72. The van der Waals surface area contributed by atoms with Crippen LogP contribution >= 0.6 is 11.6 Å². The fourth-order valence-electron chi connectivity index (χ4n) is 4.17. The Kier molecular flexibility index (Phi) is 6.00. The van der Waals surface area contributed by atoms with Gasteiger partial charge in [0, 0.05) is 37.4 Å². The van der Waals surface area contributed by atoms with Crippen molar-refractivity contribution in [2.75, 3.05) is 18.5 Å². The lowest BCUT2D eigenvalue weighted by molar-refractivity contribution is -0.143. The quantitative estimate of drug-likeness (QED) is 0.579. The van der Waals surface area contributed by atoms with Crippen LogP contribution < -0.4 is 10.0 Å². The van der Waals surface area contributed by atoms with Crippen LogP contribution in [0.1, 0.15) is 24.8 Å². The lowest BCUT2D eigenvalue weighted by atomic mass is 9.58. The zero-order chi connectivity index (χ0) is 21.4. The molecular formula is C20H23ClFN3O4S. The normalized spacial score (nSPS) is 23.2. The van der Waals surface area contributed by atoms with Gasteiger partial charge in [-0.1, -0.05) is 11.6 Å². The number of hydrogen-bond acceptors (Lipinski definition) is 6. The van der Waals surface area contributed by atoms with E-state index in [1.165, 1.54) is 12.1 Å². The highest BCUT2D eigenvalue weighted by atomic mass is 35.5. The van der Waals surface area contributed by atoms with Gasteiger partial charge in [0.25, 0.3) is 0 Å². The van der Waals surface area contributed by atoms with Crippen LogP contribution in [0.2, 0.25) is 5.15 Å². The van der Waals surface area contributed by atoms with Gasteiger partial charge in [-0.3, -0.25) is 0 Å². The monoisotopic (exact) mass is 455 g/mol. The van der Waals surface area contributed by atoms with Gasteiger partial charge in [-0.25, -0.2) is 22.5 Å². The fourth-order valence-corrected chi connectivity index (χ4v) is 5.72. The van der Waals surface area contributed by atoms with E-state index in [4.69, 9.17) is 16.3 Å². The van der Waals surface area contributed by atoms with E-state index in [9.17, 15) is 17.9 Å². The molecule has 2 fully saturated rings. The summed E-state index contributed by atoms with van der Waals surface area (Å²) in [6.45, 7) is 1.30. The molecule has 7 nitrogen and oxygen atoms in total. The van der Waals surface area contributed by atoms with E-state index in [1.807, 2.05) is 0 Å². The van der Waals surface area contributed by atoms with Crippen LogP contribution in [0.5, 0.6) is 0 Å². The Balaban J connectivity index is 1.45. The minimum Gasteiger partial charge on any atom is -0.392 e. The van der Waals surface area contributed by atoms with E-state index in [0.29, 0.717) is 44.2 Å². The van der Waals surface area contributed by atoms with Crippen LogP contribution in [-0.2, 0) is 21.3 Å². The highest BCUT2D eigenvalue weighted by Crippen LogP contribution is 2.49. The van der Waals surface area contributed by atoms with E-state index in [2.05, 4.69) is 15.0 Å². The zero-order valence-corrected chi connectivity index (χ0v) is 17.7. The van der Waals surface area contributed by atoms with Crippen molar-refractivity contribution in [3.05, 3.63) is 53.1 Å². The largest absolute Gasteiger partial charge is 0.392 e. The number of rotatable bonds is 6. The van der Waals surface area contributed by atoms with Gasteiger partial charge in [0.15, 0.2) is 0 Å². The van der Waals surface area contributed by atoms with Crippen LogP contribution in [0.25, 0.3) is 0 Å². The molecule has 2 atom stereocenters. The average molecular weight is 456 g/mol. The first-order chi connectivity index (χ1) is 14.3. The summed E-state index contributed by atoms with van der Waals surface area (Å²) in [7, 11) is -3.93. The maximum absolute atomic E-state index is 14.6. The summed E-state index contributed by atoms with van der Waals surface area (Å²) < 4.78 is 48.2. The van der Waals surface area contributed by atoms with Crippen LogP contribution in [0.3, 0.4) is 0 Å². The Morgan fingerprint density at radius 1 is 1.27 bits per heavy atom. The van der Waals surface area contributed by atoms with Crippen LogP contribution in [-0.4, -0.2) is 43.9 Å². The SMILES string of the molecule is O=S(=O)(NC1CC(O)C12CCOCC2)c1ccc(NCc2ccnc(Cl)c2)c(F)c1. The summed E-state index contributed by atoms with van der Waals surface area (Å²) in [4.78, 5) is 3.74. The first kappa shape index (κ1) is 21.5. The molecule has 1 saturated carbocycles. The number of anilines is 1. The number of halogens is 2. The Bertz CT molecular complexity index is 1030. The van der Waals surface area contributed by atoms with Gasteiger partial charge >= 0.3 is 0 Å². The summed E-state index contributed by atoms with van der Waals surface area (Å²) in [6.07, 6.45) is 2.53. The minimum absolute atomic E-state index is 0.152. The van der Waals surface area contributed by atoms with Crippen molar-refractivity contribution in [2.45, 2.75) is 42.8 Å². The van der Waals surface area contributed by atoms with Gasteiger partial charge in [-0.15, -0.1) is 0 Å². The maximum atomic E-state index is 14.6. The molecule has 1 aliphatic heterocycles. The summed E-state index contributed by atoms with van der Waals surface area (Å²) in [5.74, 6) is -0.674. The Hall–Kier alpha value is -1.78. The molecule has 1 spiro atoms. The molecule has 3 N–H and O–H groups in total. The van der Waals surface area contributed by atoms with Gasteiger partial charge in [-0.2, -0.15) is 0 Å². The highest BCUT2D eigenvalue weighted by Gasteiger charge is 2.56. The van der Waals surface area contributed by atoms with E-state index in [0.717, 1.165) is 11.6 Å². The number of pyridine rings is 1. The molecule has 0 amide bonds. The van der Waals surface area contributed by atoms with Gasteiger partial charge < -0.3 is 15.2 Å². The maximum Gasteiger partial charge on any atom is 0.240 e. The van der Waals surface area contributed by atoms with E-state index in [-0.39, 0.29) is 10.6 Å². The molecule has 1 saturated heterocycles. The lowest BCUT2D eigenvalue weighted by Gasteiger charge is -2.55. The zero-order valence-electron chi connectivity index (χ0n) is 16.1. The number of benzene rings is 1. The topological polar surface area (TPSA) is 101 Å². The minimum atomic E-state index is -3.93. The second-order valence-corrected chi connectivity index (χ2v) is 9.85. The third-order valence-electron chi connectivity index (χ3n) is 6.06. The number of sulfonamides is 1. The number of nitrogens with zero attached hydrogens (tertiary/aromatic N) is 1. The van der Waals surface area contributed by atoms with Crippen molar-refractivity contribution >= 4 is 27.3 Å². The molecule has 30 heavy (non-hydrogen) atoms. The predicted octanol–water partition coefficient (Wildman–Crippen LogP) is 2.69. The molecule has 1 aromatic carbocycles. The summed E-state index contributed by atoms with van der Waals surface area (Å²) in [5.41, 5.74) is 0.497. The van der Waals surface area contributed by atoms with Gasteiger partial charge in [0.05, 0.1) is 16.7 Å². The highest BCUT2D eigenvalue weighted by molar-refractivity contribution is 7.89. The predicted molar refractivity (Wildman–Crippen MR) is 110 cm³/mol. The standard InChI is InChI=1S/C20H23ClFN3O4S/c21-19-9-13(3-6-23-19)12-24-16-2-1-14(10-15(16)22)30(27,28)25-17-11-18(26)20(17)4-7-29-8-5-20/h1-3,6,9-10,17-18,24-26H,4-5,7-8,11-12H2. The van der Waals surface area contributed by atoms with Crippen LogP contribution in [0.15, 0.2) is 41.4 Å². The fraction of sp³-hybridized carbons (Fsp3) is 0.450. The van der Waals surface area contributed by atoms with Crippen molar-refractivity contribution in [1.82, 2.24) is 9.71 Å².